The Morgan fingerprint density at radius 1 is 0.917 bits per heavy atom. The molecule has 0 aliphatic rings. The Morgan fingerprint density at radius 2 is 1.44 bits per heavy atom. The molecule has 1 unspecified atom stereocenters. The number of carbonyl (C=O) groups excluding carboxylic acids is 2. The molecular formula is C27H33ClN2O6. The number of ketones is 2. The van der Waals surface area contributed by atoms with Crippen LogP contribution in [0.25, 0.3) is 12.2 Å². The molecule has 0 aromatic heterocycles. The van der Waals surface area contributed by atoms with Crippen LogP contribution in [0.3, 0.4) is 0 Å². The van der Waals surface area contributed by atoms with E-state index in [4.69, 9.17) is 36.5 Å². The molecule has 36 heavy (non-hydrogen) atoms. The van der Waals surface area contributed by atoms with Crippen LogP contribution in [-0.4, -0.2) is 52.1 Å². The van der Waals surface area contributed by atoms with E-state index in [1.54, 1.807) is 62.8 Å². The van der Waals surface area contributed by atoms with Crippen molar-refractivity contribution in [3.8, 4) is 23.0 Å². The van der Waals surface area contributed by atoms with Gasteiger partial charge in [0, 0.05) is 6.54 Å². The molecule has 0 aliphatic heterocycles. The zero-order chi connectivity index (χ0) is 26.3. The van der Waals surface area contributed by atoms with E-state index in [0.29, 0.717) is 48.3 Å². The highest BCUT2D eigenvalue weighted by atomic mass is 35.5. The van der Waals surface area contributed by atoms with Gasteiger partial charge in [-0.15, -0.1) is 0 Å². The number of benzene rings is 2. The molecule has 0 radical (unpaired) electrons. The molecule has 0 aliphatic carbocycles. The van der Waals surface area contributed by atoms with Gasteiger partial charge in [0.1, 0.15) is 6.61 Å². The van der Waals surface area contributed by atoms with Crippen LogP contribution >= 0.6 is 11.8 Å². The van der Waals surface area contributed by atoms with Crippen LogP contribution < -0.4 is 29.5 Å². The standard InChI is InChI=1S/C27H33ClN2O6/c1-4-35-26-17-19(7-11-24(26)33-2)5-9-22(31)21(13-14-29)23(32)10-6-20-8-12-25(34-3)27(18-20)36-16-15-30-28/h5-12,17-18,21,30H,4,13-16,29H2,1-3H3/b9-5+,10-6+. The van der Waals surface area contributed by atoms with Gasteiger partial charge in [0.25, 0.3) is 0 Å². The fourth-order valence-corrected chi connectivity index (χ4v) is 3.43. The third-order valence-electron chi connectivity index (χ3n) is 5.15. The van der Waals surface area contributed by atoms with Crippen LogP contribution in [0.15, 0.2) is 48.6 Å². The number of hydrogen-bond donors (Lipinski definition) is 2. The maximum atomic E-state index is 12.9. The quantitative estimate of drug-likeness (QED) is 0.149. The number of halogens is 1. The van der Waals surface area contributed by atoms with E-state index in [1.165, 1.54) is 12.2 Å². The zero-order valence-electron chi connectivity index (χ0n) is 20.8. The Balaban J connectivity index is 2.15. The first kappa shape index (κ1) is 28.9. The molecule has 2 aromatic rings. The number of hydrogen-bond acceptors (Lipinski definition) is 8. The molecule has 1 atom stereocenters. The summed E-state index contributed by atoms with van der Waals surface area (Å²) in [5.41, 5.74) is 7.15. The molecule has 8 nitrogen and oxygen atoms in total. The van der Waals surface area contributed by atoms with Crippen molar-refractivity contribution in [2.24, 2.45) is 11.7 Å². The van der Waals surface area contributed by atoms with Crippen molar-refractivity contribution in [3.63, 3.8) is 0 Å². The van der Waals surface area contributed by atoms with Crippen molar-refractivity contribution >= 4 is 35.5 Å². The minimum Gasteiger partial charge on any atom is -0.493 e. The smallest absolute Gasteiger partial charge is 0.166 e. The third kappa shape index (κ3) is 8.71. The number of allylic oxidation sites excluding steroid dienone is 2. The number of rotatable bonds is 16. The summed E-state index contributed by atoms with van der Waals surface area (Å²) in [6, 6.07) is 10.6. The van der Waals surface area contributed by atoms with Gasteiger partial charge in [-0.3, -0.25) is 9.59 Å². The van der Waals surface area contributed by atoms with Crippen molar-refractivity contribution < 1.29 is 28.5 Å². The van der Waals surface area contributed by atoms with Crippen molar-refractivity contribution in [2.75, 3.05) is 40.5 Å². The lowest BCUT2D eigenvalue weighted by Crippen LogP contribution is -2.24. The fraction of sp³-hybridized carbons (Fsp3) is 0.333. The number of methoxy groups -OCH3 is 2. The van der Waals surface area contributed by atoms with Gasteiger partial charge in [0.15, 0.2) is 34.6 Å². The van der Waals surface area contributed by atoms with Crippen LogP contribution in [0.2, 0.25) is 0 Å². The van der Waals surface area contributed by atoms with E-state index in [9.17, 15) is 9.59 Å². The maximum Gasteiger partial charge on any atom is 0.166 e. The highest BCUT2D eigenvalue weighted by Crippen LogP contribution is 2.29. The van der Waals surface area contributed by atoms with Gasteiger partial charge < -0.3 is 24.7 Å². The normalized spacial score (nSPS) is 12.0. The van der Waals surface area contributed by atoms with Crippen molar-refractivity contribution in [1.82, 2.24) is 4.84 Å². The molecule has 9 heteroatoms. The van der Waals surface area contributed by atoms with Crippen molar-refractivity contribution in [1.29, 1.82) is 0 Å². The second kappa shape index (κ2) is 15.6. The van der Waals surface area contributed by atoms with Gasteiger partial charge in [-0.25, -0.2) is 4.84 Å². The molecule has 0 amide bonds. The van der Waals surface area contributed by atoms with E-state index >= 15 is 0 Å². The molecule has 0 fully saturated rings. The minimum atomic E-state index is -0.879. The fourth-order valence-electron chi connectivity index (χ4n) is 3.36. The van der Waals surface area contributed by atoms with Crippen LogP contribution in [0.5, 0.6) is 23.0 Å². The summed E-state index contributed by atoms with van der Waals surface area (Å²) in [7, 11) is 3.10. The van der Waals surface area contributed by atoms with E-state index in [2.05, 4.69) is 4.84 Å². The third-order valence-corrected chi connectivity index (χ3v) is 5.34. The maximum absolute atomic E-state index is 12.9. The SMILES string of the molecule is CCOc1cc(/C=C/C(=O)C(CCN)C(=O)/C=C/c2ccc(OC)c(OCCNCl)c2)ccc1OC. The second-order valence-corrected chi connectivity index (χ2v) is 7.85. The van der Waals surface area contributed by atoms with E-state index in [-0.39, 0.29) is 24.5 Å². The molecular weight excluding hydrogens is 484 g/mol. The average Bonchev–Trinajstić information content (AvgIpc) is 2.89. The number of ether oxygens (including phenoxy) is 4. The minimum absolute atomic E-state index is 0.204. The number of nitrogens with one attached hydrogen (secondary N) is 1. The Morgan fingerprint density at radius 3 is 1.89 bits per heavy atom. The molecule has 0 bridgehead atoms. The Labute approximate surface area is 217 Å². The Hall–Kier alpha value is -3.33. The average molecular weight is 517 g/mol. The highest BCUT2D eigenvalue weighted by Gasteiger charge is 2.22. The molecule has 3 N–H and O–H groups in total. The number of nitrogens with two attached hydrogens (primary N) is 1. The van der Waals surface area contributed by atoms with Gasteiger partial charge in [0.2, 0.25) is 0 Å². The zero-order valence-corrected chi connectivity index (χ0v) is 21.5. The van der Waals surface area contributed by atoms with Gasteiger partial charge in [0.05, 0.1) is 26.7 Å². The first-order valence-corrected chi connectivity index (χ1v) is 11.9. The van der Waals surface area contributed by atoms with Crippen molar-refractivity contribution in [2.45, 2.75) is 13.3 Å². The summed E-state index contributed by atoms with van der Waals surface area (Å²) in [5.74, 6) is 0.720. The van der Waals surface area contributed by atoms with Gasteiger partial charge in [-0.2, -0.15) is 0 Å². The molecule has 0 saturated heterocycles. The van der Waals surface area contributed by atoms with Crippen LogP contribution in [-0.2, 0) is 9.59 Å². The molecule has 0 spiro atoms. The molecule has 2 aromatic carbocycles. The monoisotopic (exact) mass is 516 g/mol. The summed E-state index contributed by atoms with van der Waals surface area (Å²) in [5, 5.41) is 0. The summed E-state index contributed by atoms with van der Waals surface area (Å²) in [6.45, 7) is 3.35. The summed E-state index contributed by atoms with van der Waals surface area (Å²) < 4.78 is 21.8. The van der Waals surface area contributed by atoms with Crippen LogP contribution in [0, 0.1) is 5.92 Å². The van der Waals surface area contributed by atoms with Gasteiger partial charge in [-0.1, -0.05) is 24.3 Å². The molecule has 0 heterocycles. The molecule has 2 rings (SSSR count). The highest BCUT2D eigenvalue weighted by molar-refractivity contribution is 6.13. The van der Waals surface area contributed by atoms with Crippen LogP contribution in [0.1, 0.15) is 24.5 Å². The van der Waals surface area contributed by atoms with E-state index in [1.807, 2.05) is 6.92 Å². The predicted molar refractivity (Wildman–Crippen MR) is 142 cm³/mol. The second-order valence-electron chi connectivity index (χ2n) is 7.59. The Bertz CT molecular complexity index is 1070. The summed E-state index contributed by atoms with van der Waals surface area (Å²) >= 11 is 5.47. The van der Waals surface area contributed by atoms with E-state index < -0.39 is 5.92 Å². The summed E-state index contributed by atoms with van der Waals surface area (Å²) in [6.07, 6.45) is 6.30. The predicted octanol–water partition coefficient (Wildman–Crippen LogP) is 4.05. The topological polar surface area (TPSA) is 109 Å². The Kier molecular flexibility index (Phi) is 12.5. The lowest BCUT2D eigenvalue weighted by molar-refractivity contribution is -0.127. The van der Waals surface area contributed by atoms with Crippen molar-refractivity contribution in [3.05, 3.63) is 59.7 Å². The number of carbonyl (C=O) groups is 2. The molecule has 0 saturated carbocycles. The summed E-state index contributed by atoms with van der Waals surface area (Å²) in [4.78, 5) is 28.2. The van der Waals surface area contributed by atoms with Gasteiger partial charge >= 0.3 is 0 Å². The lowest BCUT2D eigenvalue weighted by Gasteiger charge is -2.11. The first-order valence-electron chi connectivity index (χ1n) is 11.6. The van der Waals surface area contributed by atoms with Crippen LogP contribution in [0.4, 0.5) is 0 Å². The van der Waals surface area contributed by atoms with E-state index in [0.717, 1.165) is 5.56 Å². The lowest BCUT2D eigenvalue weighted by atomic mass is 9.93. The first-order chi connectivity index (χ1) is 17.5. The van der Waals surface area contributed by atoms with Gasteiger partial charge in [-0.05, 0) is 79.2 Å². The molecule has 194 valence electrons. The largest absolute Gasteiger partial charge is 0.493 e.